The van der Waals surface area contributed by atoms with Gasteiger partial charge < -0.3 is 10.6 Å². The lowest BCUT2D eigenvalue weighted by molar-refractivity contribution is -0.126. The largest absolute Gasteiger partial charge is 0.352 e. The summed E-state index contributed by atoms with van der Waals surface area (Å²) in [4.78, 5) is 26.0. The minimum Gasteiger partial charge on any atom is -0.352 e. The number of rotatable bonds is 6. The first-order valence-electron chi connectivity index (χ1n) is 7.75. The van der Waals surface area contributed by atoms with E-state index in [0.717, 1.165) is 29.7 Å². The van der Waals surface area contributed by atoms with Gasteiger partial charge in [0.2, 0.25) is 11.8 Å². The maximum absolute atomic E-state index is 12.2. The zero-order valence-electron chi connectivity index (χ0n) is 13.8. The van der Waals surface area contributed by atoms with Crippen molar-refractivity contribution in [3.8, 4) is 0 Å². The van der Waals surface area contributed by atoms with Crippen LogP contribution in [-0.4, -0.2) is 42.4 Å². The van der Waals surface area contributed by atoms with Gasteiger partial charge in [0.15, 0.2) is 0 Å². The predicted molar refractivity (Wildman–Crippen MR) is 87.8 cm³/mol. The Labute approximate surface area is 132 Å². The second-order valence-electron chi connectivity index (χ2n) is 6.19. The standard InChI is InChI=1S/C17H25N3O2/c1-11-6-5-7-12(2)16(11)19-15(21)10-20(4)13(3)17(22)18-14-8-9-14/h5-7,13-14H,8-10H2,1-4H3,(H,18,22)(H,19,21)/t13-/m0/s1. The lowest BCUT2D eigenvalue weighted by Crippen LogP contribution is -2.46. The zero-order valence-corrected chi connectivity index (χ0v) is 13.8. The van der Waals surface area contributed by atoms with Gasteiger partial charge in [0.05, 0.1) is 12.6 Å². The number of hydrogen-bond donors (Lipinski definition) is 2. The molecule has 1 aromatic rings. The van der Waals surface area contributed by atoms with Crippen molar-refractivity contribution < 1.29 is 9.59 Å². The predicted octanol–water partition coefficient (Wildman–Crippen LogP) is 1.84. The normalized spacial score (nSPS) is 15.5. The van der Waals surface area contributed by atoms with Gasteiger partial charge in [-0.2, -0.15) is 0 Å². The smallest absolute Gasteiger partial charge is 0.238 e. The van der Waals surface area contributed by atoms with Crippen molar-refractivity contribution in [3.05, 3.63) is 29.3 Å². The molecule has 0 aliphatic heterocycles. The molecule has 1 aliphatic carbocycles. The number of nitrogens with zero attached hydrogens (tertiary/aromatic N) is 1. The number of anilines is 1. The quantitative estimate of drug-likeness (QED) is 0.843. The molecule has 1 fully saturated rings. The average Bonchev–Trinajstić information content (AvgIpc) is 3.26. The van der Waals surface area contributed by atoms with Crippen LogP contribution >= 0.6 is 0 Å². The summed E-state index contributed by atoms with van der Waals surface area (Å²) >= 11 is 0. The van der Waals surface area contributed by atoms with Crippen molar-refractivity contribution in [2.24, 2.45) is 0 Å². The molecule has 2 N–H and O–H groups in total. The van der Waals surface area contributed by atoms with Crippen LogP contribution in [0.25, 0.3) is 0 Å². The molecule has 120 valence electrons. The number of amides is 2. The van der Waals surface area contributed by atoms with Crippen molar-refractivity contribution in [3.63, 3.8) is 0 Å². The molecule has 2 amide bonds. The summed E-state index contributed by atoms with van der Waals surface area (Å²) in [6.07, 6.45) is 2.13. The van der Waals surface area contributed by atoms with E-state index in [0.29, 0.717) is 6.04 Å². The summed E-state index contributed by atoms with van der Waals surface area (Å²) in [6, 6.07) is 5.93. The molecule has 0 bridgehead atoms. The summed E-state index contributed by atoms with van der Waals surface area (Å²) < 4.78 is 0. The van der Waals surface area contributed by atoms with Gasteiger partial charge in [-0.15, -0.1) is 0 Å². The second-order valence-corrected chi connectivity index (χ2v) is 6.19. The van der Waals surface area contributed by atoms with Gasteiger partial charge in [0.25, 0.3) is 0 Å². The first-order chi connectivity index (χ1) is 10.4. The molecule has 1 aliphatic rings. The van der Waals surface area contributed by atoms with E-state index >= 15 is 0 Å². The van der Waals surface area contributed by atoms with Crippen molar-refractivity contribution in [1.82, 2.24) is 10.2 Å². The highest BCUT2D eigenvalue weighted by atomic mass is 16.2. The van der Waals surface area contributed by atoms with Crippen LogP contribution in [0.15, 0.2) is 18.2 Å². The maximum atomic E-state index is 12.2. The number of likely N-dealkylation sites (N-methyl/N-ethyl adjacent to an activating group) is 1. The first kappa shape index (κ1) is 16.5. The van der Waals surface area contributed by atoms with Crippen molar-refractivity contribution in [2.75, 3.05) is 18.9 Å². The third-order valence-electron chi connectivity index (χ3n) is 4.10. The number of aryl methyl sites for hydroxylation is 2. The Morgan fingerprint density at radius 2 is 1.86 bits per heavy atom. The van der Waals surface area contributed by atoms with E-state index in [-0.39, 0.29) is 24.4 Å². The Morgan fingerprint density at radius 3 is 2.41 bits per heavy atom. The highest BCUT2D eigenvalue weighted by molar-refractivity contribution is 5.94. The lowest BCUT2D eigenvalue weighted by Gasteiger charge is -2.23. The van der Waals surface area contributed by atoms with E-state index in [4.69, 9.17) is 0 Å². The molecular formula is C17H25N3O2. The summed E-state index contributed by atoms with van der Waals surface area (Å²) in [5, 5.41) is 5.91. The molecule has 0 aromatic heterocycles. The number of para-hydroxylation sites is 1. The fourth-order valence-electron chi connectivity index (χ4n) is 2.30. The van der Waals surface area contributed by atoms with Crippen molar-refractivity contribution in [1.29, 1.82) is 0 Å². The fraction of sp³-hybridized carbons (Fsp3) is 0.529. The highest BCUT2D eigenvalue weighted by Crippen LogP contribution is 2.20. The van der Waals surface area contributed by atoms with Crippen LogP contribution in [0.1, 0.15) is 30.9 Å². The van der Waals surface area contributed by atoms with Gasteiger partial charge in [0.1, 0.15) is 0 Å². The van der Waals surface area contributed by atoms with Crippen LogP contribution < -0.4 is 10.6 Å². The van der Waals surface area contributed by atoms with E-state index in [9.17, 15) is 9.59 Å². The van der Waals surface area contributed by atoms with Crippen molar-refractivity contribution in [2.45, 2.75) is 45.7 Å². The Morgan fingerprint density at radius 1 is 1.27 bits per heavy atom. The molecule has 0 heterocycles. The molecule has 22 heavy (non-hydrogen) atoms. The number of hydrogen-bond acceptors (Lipinski definition) is 3. The highest BCUT2D eigenvalue weighted by Gasteiger charge is 2.27. The molecule has 0 radical (unpaired) electrons. The van der Waals surface area contributed by atoms with Gasteiger partial charge in [-0.05, 0) is 51.8 Å². The van der Waals surface area contributed by atoms with E-state index in [2.05, 4.69) is 10.6 Å². The van der Waals surface area contributed by atoms with Crippen LogP contribution in [0.5, 0.6) is 0 Å². The van der Waals surface area contributed by atoms with Gasteiger partial charge in [0, 0.05) is 11.7 Å². The third kappa shape index (κ3) is 4.31. The summed E-state index contributed by atoms with van der Waals surface area (Å²) in [5.41, 5.74) is 2.93. The van der Waals surface area contributed by atoms with E-state index < -0.39 is 0 Å². The molecule has 0 unspecified atom stereocenters. The molecule has 1 saturated carbocycles. The molecular weight excluding hydrogens is 278 g/mol. The SMILES string of the molecule is Cc1cccc(C)c1NC(=O)CN(C)[C@@H](C)C(=O)NC1CC1. The van der Waals surface area contributed by atoms with Crippen LogP contribution in [0.4, 0.5) is 5.69 Å². The molecule has 0 spiro atoms. The van der Waals surface area contributed by atoms with E-state index in [1.165, 1.54) is 0 Å². The molecule has 5 nitrogen and oxygen atoms in total. The summed E-state index contributed by atoms with van der Waals surface area (Å²) in [6.45, 7) is 5.95. The van der Waals surface area contributed by atoms with Crippen LogP contribution in [0.2, 0.25) is 0 Å². The minimum absolute atomic E-state index is 0.00938. The molecule has 1 aromatic carbocycles. The van der Waals surface area contributed by atoms with Gasteiger partial charge >= 0.3 is 0 Å². The Balaban J connectivity index is 1.89. The summed E-state index contributed by atoms with van der Waals surface area (Å²) in [5.74, 6) is -0.115. The fourth-order valence-corrected chi connectivity index (χ4v) is 2.30. The second kappa shape index (κ2) is 6.92. The molecule has 2 rings (SSSR count). The monoisotopic (exact) mass is 303 g/mol. The number of carbonyl (C=O) groups excluding carboxylic acids is 2. The number of benzene rings is 1. The van der Waals surface area contributed by atoms with Crippen LogP contribution in [0, 0.1) is 13.8 Å². The summed E-state index contributed by atoms with van der Waals surface area (Å²) in [7, 11) is 1.79. The number of carbonyl (C=O) groups is 2. The van der Waals surface area contributed by atoms with E-state index in [1.54, 1.807) is 11.9 Å². The average molecular weight is 303 g/mol. The van der Waals surface area contributed by atoms with Crippen LogP contribution in [-0.2, 0) is 9.59 Å². The Kier molecular flexibility index (Phi) is 5.19. The molecule has 5 heteroatoms. The van der Waals surface area contributed by atoms with Gasteiger partial charge in [-0.25, -0.2) is 0 Å². The van der Waals surface area contributed by atoms with Crippen molar-refractivity contribution >= 4 is 17.5 Å². The molecule has 0 saturated heterocycles. The van der Waals surface area contributed by atoms with Gasteiger partial charge in [-0.1, -0.05) is 18.2 Å². The topological polar surface area (TPSA) is 61.4 Å². The maximum Gasteiger partial charge on any atom is 0.238 e. The van der Waals surface area contributed by atoms with Crippen LogP contribution in [0.3, 0.4) is 0 Å². The minimum atomic E-state index is -0.315. The van der Waals surface area contributed by atoms with Gasteiger partial charge in [-0.3, -0.25) is 14.5 Å². The molecule has 1 atom stereocenters. The zero-order chi connectivity index (χ0) is 16.3. The lowest BCUT2D eigenvalue weighted by atomic mass is 10.1. The number of nitrogens with one attached hydrogen (secondary N) is 2. The first-order valence-corrected chi connectivity index (χ1v) is 7.75. The Bertz CT molecular complexity index is 547. The Hall–Kier alpha value is -1.88. The van der Waals surface area contributed by atoms with E-state index in [1.807, 2.05) is 39.0 Å². The third-order valence-corrected chi connectivity index (χ3v) is 4.10.